The maximum absolute atomic E-state index is 3.65. The number of benzene rings is 4. The highest BCUT2D eigenvalue weighted by molar-refractivity contribution is 9.09. The summed E-state index contributed by atoms with van der Waals surface area (Å²) in [5.74, 6) is 0. The SMILES string of the molecule is BrC1Nc2ccccc2C(c2ccc(-c3cccc4ccccc34)cc2)N1. The van der Waals surface area contributed by atoms with Crippen molar-refractivity contribution in [3.05, 3.63) is 102 Å². The van der Waals surface area contributed by atoms with E-state index in [1.165, 1.54) is 38.7 Å². The molecule has 0 saturated carbocycles. The monoisotopic (exact) mass is 414 g/mol. The van der Waals surface area contributed by atoms with Gasteiger partial charge in [-0.15, -0.1) is 0 Å². The summed E-state index contributed by atoms with van der Waals surface area (Å²) in [5.41, 5.74) is 6.22. The van der Waals surface area contributed by atoms with Crippen molar-refractivity contribution in [1.82, 2.24) is 5.32 Å². The Hall–Kier alpha value is -2.62. The molecular weight excluding hydrogens is 396 g/mol. The summed E-state index contributed by atoms with van der Waals surface area (Å²) in [6.07, 6.45) is 0. The molecule has 1 aliphatic heterocycles. The molecule has 4 aromatic carbocycles. The average Bonchev–Trinajstić information content (AvgIpc) is 2.73. The van der Waals surface area contributed by atoms with Crippen molar-refractivity contribution in [2.75, 3.05) is 5.32 Å². The minimum Gasteiger partial charge on any atom is -0.361 e. The summed E-state index contributed by atoms with van der Waals surface area (Å²) >= 11 is 3.65. The molecule has 2 atom stereocenters. The van der Waals surface area contributed by atoms with Crippen LogP contribution >= 0.6 is 15.9 Å². The van der Waals surface area contributed by atoms with Crippen LogP contribution in [0.5, 0.6) is 0 Å². The molecule has 132 valence electrons. The van der Waals surface area contributed by atoms with E-state index in [-0.39, 0.29) is 11.1 Å². The molecule has 5 rings (SSSR count). The number of fused-ring (bicyclic) bond motifs is 2. The van der Waals surface area contributed by atoms with E-state index in [0.717, 1.165) is 0 Å². The molecule has 0 aliphatic carbocycles. The highest BCUT2D eigenvalue weighted by Gasteiger charge is 2.25. The molecule has 0 aromatic heterocycles. The van der Waals surface area contributed by atoms with E-state index in [2.05, 4.69) is 118 Å². The molecule has 0 bridgehead atoms. The van der Waals surface area contributed by atoms with E-state index in [1.54, 1.807) is 0 Å². The number of rotatable bonds is 2. The molecule has 0 amide bonds. The zero-order valence-corrected chi connectivity index (χ0v) is 16.3. The van der Waals surface area contributed by atoms with Gasteiger partial charge in [-0.1, -0.05) is 84.9 Å². The van der Waals surface area contributed by atoms with Gasteiger partial charge in [0, 0.05) is 5.69 Å². The van der Waals surface area contributed by atoms with Crippen LogP contribution in [0.2, 0.25) is 0 Å². The van der Waals surface area contributed by atoms with Gasteiger partial charge in [0.1, 0.15) is 5.08 Å². The summed E-state index contributed by atoms with van der Waals surface area (Å²) in [5, 5.41) is 9.62. The molecule has 1 aliphatic rings. The normalized spacial score (nSPS) is 18.7. The Labute approximate surface area is 167 Å². The molecule has 0 saturated heterocycles. The van der Waals surface area contributed by atoms with E-state index in [1.807, 2.05) is 0 Å². The third kappa shape index (κ3) is 3.03. The summed E-state index contributed by atoms with van der Waals surface area (Å²) in [6.45, 7) is 0. The van der Waals surface area contributed by atoms with Gasteiger partial charge in [-0.2, -0.15) is 0 Å². The molecular formula is C24H19BrN2. The molecule has 0 fully saturated rings. The third-order valence-corrected chi connectivity index (χ3v) is 5.70. The van der Waals surface area contributed by atoms with Gasteiger partial charge >= 0.3 is 0 Å². The minimum atomic E-state index is 0.0511. The quantitative estimate of drug-likeness (QED) is 0.297. The van der Waals surface area contributed by atoms with Crippen LogP contribution in [-0.2, 0) is 0 Å². The second-order valence-corrected chi connectivity index (χ2v) is 7.76. The lowest BCUT2D eigenvalue weighted by molar-refractivity contribution is 0.594. The Morgan fingerprint density at radius 1 is 0.704 bits per heavy atom. The average molecular weight is 415 g/mol. The fraction of sp³-hybridized carbons (Fsp3) is 0.0833. The Balaban J connectivity index is 1.54. The zero-order chi connectivity index (χ0) is 18.2. The second kappa shape index (κ2) is 6.84. The summed E-state index contributed by atoms with van der Waals surface area (Å²) in [4.78, 5) is 0. The van der Waals surface area contributed by atoms with Crippen molar-refractivity contribution in [1.29, 1.82) is 0 Å². The maximum atomic E-state index is 3.65. The Kier molecular flexibility index (Phi) is 4.19. The molecule has 2 unspecified atom stereocenters. The number of anilines is 1. The van der Waals surface area contributed by atoms with E-state index in [0.29, 0.717) is 0 Å². The lowest BCUT2D eigenvalue weighted by atomic mass is 9.93. The van der Waals surface area contributed by atoms with Crippen molar-refractivity contribution in [3.63, 3.8) is 0 Å². The van der Waals surface area contributed by atoms with Gasteiger partial charge < -0.3 is 5.32 Å². The molecule has 2 N–H and O–H groups in total. The van der Waals surface area contributed by atoms with E-state index in [4.69, 9.17) is 0 Å². The number of para-hydroxylation sites is 1. The summed E-state index contributed by atoms with van der Waals surface area (Å²) in [7, 11) is 0. The topological polar surface area (TPSA) is 24.1 Å². The first-order chi connectivity index (χ1) is 13.3. The molecule has 0 spiro atoms. The lowest BCUT2D eigenvalue weighted by Crippen LogP contribution is -2.39. The van der Waals surface area contributed by atoms with Crippen LogP contribution in [0.15, 0.2) is 91.0 Å². The molecule has 4 aromatic rings. The smallest absolute Gasteiger partial charge is 0.135 e. The Bertz CT molecular complexity index is 1100. The van der Waals surface area contributed by atoms with E-state index < -0.39 is 0 Å². The van der Waals surface area contributed by atoms with Crippen LogP contribution in [0.25, 0.3) is 21.9 Å². The number of nitrogens with one attached hydrogen (secondary N) is 2. The Morgan fingerprint density at radius 3 is 2.33 bits per heavy atom. The van der Waals surface area contributed by atoms with Crippen molar-refractivity contribution in [3.8, 4) is 11.1 Å². The predicted octanol–water partition coefficient (Wildman–Crippen LogP) is 6.29. The first-order valence-corrected chi connectivity index (χ1v) is 10.0. The van der Waals surface area contributed by atoms with Gasteiger partial charge in [-0.3, -0.25) is 5.32 Å². The second-order valence-electron chi connectivity index (χ2n) is 6.84. The number of alkyl halides is 1. The summed E-state index contributed by atoms with van der Waals surface area (Å²) in [6, 6.07) is 32.6. The number of hydrogen-bond acceptors (Lipinski definition) is 2. The van der Waals surface area contributed by atoms with E-state index in [9.17, 15) is 0 Å². The van der Waals surface area contributed by atoms with Gasteiger partial charge in [0.2, 0.25) is 0 Å². The van der Waals surface area contributed by atoms with Crippen LogP contribution < -0.4 is 10.6 Å². The van der Waals surface area contributed by atoms with Crippen molar-refractivity contribution in [2.24, 2.45) is 0 Å². The van der Waals surface area contributed by atoms with Crippen molar-refractivity contribution >= 4 is 32.4 Å². The molecule has 27 heavy (non-hydrogen) atoms. The Morgan fingerprint density at radius 2 is 1.44 bits per heavy atom. The number of halogens is 1. The van der Waals surface area contributed by atoms with Crippen molar-refractivity contribution < 1.29 is 0 Å². The molecule has 3 heteroatoms. The van der Waals surface area contributed by atoms with Gasteiger partial charge in [0.15, 0.2) is 0 Å². The third-order valence-electron chi connectivity index (χ3n) is 5.21. The number of hydrogen-bond donors (Lipinski definition) is 2. The molecule has 2 nitrogen and oxygen atoms in total. The first kappa shape index (κ1) is 16.5. The molecule has 0 radical (unpaired) electrons. The van der Waals surface area contributed by atoms with Crippen LogP contribution in [0.1, 0.15) is 17.2 Å². The van der Waals surface area contributed by atoms with Gasteiger partial charge in [0.05, 0.1) is 6.04 Å². The first-order valence-electron chi connectivity index (χ1n) is 9.13. The lowest BCUT2D eigenvalue weighted by Gasteiger charge is -2.32. The fourth-order valence-electron chi connectivity index (χ4n) is 3.90. The largest absolute Gasteiger partial charge is 0.361 e. The fourth-order valence-corrected chi connectivity index (χ4v) is 4.41. The van der Waals surface area contributed by atoms with Gasteiger partial charge in [0.25, 0.3) is 0 Å². The highest BCUT2D eigenvalue weighted by Crippen LogP contribution is 2.35. The maximum Gasteiger partial charge on any atom is 0.135 e. The summed E-state index contributed by atoms with van der Waals surface area (Å²) < 4.78 is 0. The predicted molar refractivity (Wildman–Crippen MR) is 117 cm³/mol. The standard InChI is InChI=1S/C24H19BrN2/c25-24-26-22-11-4-3-9-21(22)23(27-24)18-14-12-17(13-15-18)20-10-5-7-16-6-1-2-8-19(16)20/h1-15,23-24,26-27H. The van der Waals surface area contributed by atoms with Crippen LogP contribution in [0.3, 0.4) is 0 Å². The zero-order valence-electron chi connectivity index (χ0n) is 14.7. The van der Waals surface area contributed by atoms with E-state index >= 15 is 0 Å². The van der Waals surface area contributed by atoms with Gasteiger partial charge in [-0.25, -0.2) is 0 Å². The highest BCUT2D eigenvalue weighted by atomic mass is 79.9. The van der Waals surface area contributed by atoms with Crippen LogP contribution in [-0.4, -0.2) is 5.08 Å². The van der Waals surface area contributed by atoms with Gasteiger partial charge in [-0.05, 0) is 55.0 Å². The van der Waals surface area contributed by atoms with Crippen LogP contribution in [0.4, 0.5) is 5.69 Å². The molecule has 1 heterocycles. The van der Waals surface area contributed by atoms with Crippen molar-refractivity contribution in [2.45, 2.75) is 11.1 Å². The minimum absolute atomic E-state index is 0.0511. The van der Waals surface area contributed by atoms with Crippen LogP contribution in [0, 0.1) is 0 Å².